The average molecular weight is 289 g/mol. The zero-order valence-corrected chi connectivity index (χ0v) is 12.0. The number of ketones is 1. The van der Waals surface area contributed by atoms with Gasteiger partial charge >= 0.3 is 0 Å². The third-order valence-electron chi connectivity index (χ3n) is 4.57. The SMILES string of the molecule is O=C1C=C2CCC(c3ccc(C(=O)Cl)cc3)CC2CC1. The summed E-state index contributed by atoms with van der Waals surface area (Å²) in [7, 11) is 0. The standard InChI is InChI=1S/C17H17ClO2/c18-17(20)12-3-1-11(2-4-12)13-5-6-15-10-16(19)8-7-14(15)9-13/h1-4,10,13-14H,5-9H2. The molecule has 2 nitrogen and oxygen atoms in total. The molecule has 0 aromatic heterocycles. The van der Waals surface area contributed by atoms with Crippen molar-refractivity contribution in [2.45, 2.75) is 38.0 Å². The number of rotatable bonds is 2. The minimum atomic E-state index is -0.406. The van der Waals surface area contributed by atoms with Crippen LogP contribution in [0.4, 0.5) is 0 Å². The topological polar surface area (TPSA) is 34.1 Å². The molecular weight excluding hydrogens is 272 g/mol. The van der Waals surface area contributed by atoms with Crippen molar-refractivity contribution in [2.75, 3.05) is 0 Å². The highest BCUT2D eigenvalue weighted by Crippen LogP contribution is 2.42. The van der Waals surface area contributed by atoms with Crippen LogP contribution in [0.5, 0.6) is 0 Å². The number of carbonyl (C=O) groups is 2. The molecule has 2 aliphatic rings. The van der Waals surface area contributed by atoms with Crippen LogP contribution in [0.1, 0.15) is 53.9 Å². The lowest BCUT2D eigenvalue weighted by Crippen LogP contribution is -2.21. The maximum Gasteiger partial charge on any atom is 0.252 e. The summed E-state index contributed by atoms with van der Waals surface area (Å²) in [5, 5.41) is -0.406. The van der Waals surface area contributed by atoms with Crippen molar-refractivity contribution in [2.24, 2.45) is 5.92 Å². The van der Waals surface area contributed by atoms with Crippen LogP contribution in [0.2, 0.25) is 0 Å². The van der Waals surface area contributed by atoms with Gasteiger partial charge in [-0.25, -0.2) is 0 Å². The van der Waals surface area contributed by atoms with E-state index >= 15 is 0 Å². The van der Waals surface area contributed by atoms with Crippen LogP contribution in [0, 0.1) is 5.92 Å². The van der Waals surface area contributed by atoms with Gasteiger partial charge in [-0.1, -0.05) is 17.7 Å². The molecule has 3 rings (SSSR count). The average Bonchev–Trinajstić information content (AvgIpc) is 2.47. The highest BCUT2D eigenvalue weighted by molar-refractivity contribution is 6.67. The molecule has 1 aromatic rings. The van der Waals surface area contributed by atoms with E-state index < -0.39 is 5.24 Å². The maximum absolute atomic E-state index is 11.4. The summed E-state index contributed by atoms with van der Waals surface area (Å²) in [6.45, 7) is 0. The van der Waals surface area contributed by atoms with E-state index in [1.165, 1.54) is 11.1 Å². The largest absolute Gasteiger partial charge is 0.295 e. The molecule has 0 saturated heterocycles. The van der Waals surface area contributed by atoms with Gasteiger partial charge in [-0.05, 0) is 72.9 Å². The van der Waals surface area contributed by atoms with E-state index in [0.717, 1.165) is 25.7 Å². The Morgan fingerprint density at radius 2 is 1.75 bits per heavy atom. The number of fused-ring (bicyclic) bond motifs is 1. The van der Waals surface area contributed by atoms with E-state index in [-0.39, 0.29) is 0 Å². The third-order valence-corrected chi connectivity index (χ3v) is 4.79. The molecular formula is C17H17ClO2. The van der Waals surface area contributed by atoms with E-state index in [0.29, 0.717) is 29.6 Å². The summed E-state index contributed by atoms with van der Waals surface area (Å²) in [6.07, 6.45) is 6.80. The van der Waals surface area contributed by atoms with Crippen LogP contribution < -0.4 is 0 Å². The first-order valence-corrected chi connectivity index (χ1v) is 7.54. The predicted octanol–water partition coefficient (Wildman–Crippen LogP) is 4.24. The van der Waals surface area contributed by atoms with Crippen molar-refractivity contribution < 1.29 is 9.59 Å². The number of hydrogen-bond acceptors (Lipinski definition) is 2. The number of halogens is 1. The molecule has 2 atom stereocenters. The van der Waals surface area contributed by atoms with Gasteiger partial charge < -0.3 is 0 Å². The van der Waals surface area contributed by atoms with Crippen molar-refractivity contribution in [1.82, 2.24) is 0 Å². The number of benzene rings is 1. The molecule has 1 aromatic carbocycles. The molecule has 0 spiro atoms. The van der Waals surface area contributed by atoms with Crippen molar-refractivity contribution in [3.05, 3.63) is 47.0 Å². The quantitative estimate of drug-likeness (QED) is 0.763. The first-order chi connectivity index (χ1) is 9.63. The minimum absolute atomic E-state index is 0.291. The molecule has 1 fully saturated rings. The van der Waals surface area contributed by atoms with E-state index in [1.807, 2.05) is 18.2 Å². The molecule has 2 aliphatic carbocycles. The first kappa shape index (κ1) is 13.6. The molecule has 2 unspecified atom stereocenters. The molecule has 0 bridgehead atoms. The van der Waals surface area contributed by atoms with E-state index in [9.17, 15) is 9.59 Å². The summed E-state index contributed by atoms with van der Waals surface area (Å²) in [6, 6.07) is 7.65. The van der Waals surface area contributed by atoms with Crippen molar-refractivity contribution in [3.63, 3.8) is 0 Å². The molecule has 0 heterocycles. The van der Waals surface area contributed by atoms with Crippen molar-refractivity contribution in [1.29, 1.82) is 0 Å². The lowest BCUT2D eigenvalue weighted by Gasteiger charge is -2.34. The van der Waals surface area contributed by atoms with E-state index in [2.05, 4.69) is 0 Å². The van der Waals surface area contributed by atoms with Gasteiger partial charge in [0.15, 0.2) is 5.78 Å². The number of hydrogen-bond donors (Lipinski definition) is 0. The molecule has 0 amide bonds. The smallest absolute Gasteiger partial charge is 0.252 e. The lowest BCUT2D eigenvalue weighted by atomic mass is 9.71. The van der Waals surface area contributed by atoms with Crippen LogP contribution in [0.15, 0.2) is 35.9 Å². The summed E-state index contributed by atoms with van der Waals surface area (Å²) >= 11 is 5.47. The molecule has 0 N–H and O–H groups in total. The monoisotopic (exact) mass is 288 g/mol. The van der Waals surface area contributed by atoms with E-state index in [1.54, 1.807) is 12.1 Å². The summed E-state index contributed by atoms with van der Waals surface area (Å²) in [4.78, 5) is 22.5. The first-order valence-electron chi connectivity index (χ1n) is 7.16. The van der Waals surface area contributed by atoms with Crippen LogP contribution in [-0.2, 0) is 4.79 Å². The second-order valence-electron chi connectivity index (χ2n) is 5.79. The Bertz CT molecular complexity index is 571. The number of carbonyl (C=O) groups excluding carboxylic acids is 2. The molecule has 104 valence electrons. The zero-order valence-electron chi connectivity index (χ0n) is 11.3. The van der Waals surface area contributed by atoms with Gasteiger partial charge in [-0.3, -0.25) is 9.59 Å². The van der Waals surface area contributed by atoms with Crippen LogP contribution >= 0.6 is 11.6 Å². The lowest BCUT2D eigenvalue weighted by molar-refractivity contribution is -0.115. The summed E-state index contributed by atoms with van der Waals surface area (Å²) in [5.74, 6) is 1.39. The molecule has 0 aliphatic heterocycles. The highest BCUT2D eigenvalue weighted by Gasteiger charge is 2.29. The van der Waals surface area contributed by atoms with Crippen molar-refractivity contribution >= 4 is 22.6 Å². The van der Waals surface area contributed by atoms with Crippen LogP contribution in [0.3, 0.4) is 0 Å². The van der Waals surface area contributed by atoms with Crippen LogP contribution in [-0.4, -0.2) is 11.0 Å². The fourth-order valence-corrected chi connectivity index (χ4v) is 3.56. The molecule has 1 saturated carbocycles. The second kappa shape index (κ2) is 5.53. The van der Waals surface area contributed by atoms with Crippen molar-refractivity contribution in [3.8, 4) is 0 Å². The Balaban J connectivity index is 1.75. The Hall–Kier alpha value is -1.41. The Morgan fingerprint density at radius 3 is 2.45 bits per heavy atom. The predicted molar refractivity (Wildman–Crippen MR) is 79.0 cm³/mol. The Labute approximate surface area is 123 Å². The summed E-state index contributed by atoms with van der Waals surface area (Å²) < 4.78 is 0. The van der Waals surface area contributed by atoms with Gasteiger partial charge in [0.1, 0.15) is 0 Å². The summed E-state index contributed by atoms with van der Waals surface area (Å²) in [5.41, 5.74) is 3.18. The maximum atomic E-state index is 11.4. The van der Waals surface area contributed by atoms with Gasteiger partial charge in [0.25, 0.3) is 5.24 Å². The van der Waals surface area contributed by atoms with Gasteiger partial charge in [0, 0.05) is 12.0 Å². The fourth-order valence-electron chi connectivity index (χ4n) is 3.44. The van der Waals surface area contributed by atoms with Gasteiger partial charge in [0.05, 0.1) is 0 Å². The zero-order chi connectivity index (χ0) is 14.1. The highest BCUT2D eigenvalue weighted by atomic mass is 35.5. The minimum Gasteiger partial charge on any atom is -0.295 e. The van der Waals surface area contributed by atoms with Crippen LogP contribution in [0.25, 0.3) is 0 Å². The molecule has 20 heavy (non-hydrogen) atoms. The molecule has 3 heteroatoms. The van der Waals surface area contributed by atoms with Gasteiger partial charge in [0.2, 0.25) is 0 Å². The Kier molecular flexibility index (Phi) is 3.75. The second-order valence-corrected chi connectivity index (χ2v) is 6.13. The van der Waals surface area contributed by atoms with Gasteiger partial charge in [-0.2, -0.15) is 0 Å². The normalized spacial score (nSPS) is 25.9. The van der Waals surface area contributed by atoms with Gasteiger partial charge in [-0.15, -0.1) is 0 Å². The Morgan fingerprint density at radius 1 is 1.05 bits per heavy atom. The van der Waals surface area contributed by atoms with E-state index in [4.69, 9.17) is 11.6 Å². The molecule has 0 radical (unpaired) electrons. The third kappa shape index (κ3) is 2.71. The number of allylic oxidation sites excluding steroid dienone is 2. The fraction of sp³-hybridized carbons (Fsp3) is 0.412.